The number of fused-ring (bicyclic) bond motifs is 1. The number of benzene rings is 2. The van der Waals surface area contributed by atoms with Crippen molar-refractivity contribution < 1.29 is 4.79 Å². The van der Waals surface area contributed by atoms with Crippen molar-refractivity contribution >= 4 is 16.7 Å². The molecule has 0 fully saturated rings. The maximum atomic E-state index is 12.6. The fourth-order valence-electron chi connectivity index (χ4n) is 2.43. The minimum absolute atomic E-state index is 0.0674. The van der Waals surface area contributed by atoms with Crippen LogP contribution in [0.2, 0.25) is 0 Å². The molecule has 3 rings (SSSR count). The topological polar surface area (TPSA) is 32.9 Å². The van der Waals surface area contributed by atoms with E-state index in [1.165, 1.54) is 5.56 Å². The third kappa shape index (κ3) is 2.14. The number of carbonyl (C=O) groups is 1. The van der Waals surface area contributed by atoms with Crippen molar-refractivity contribution in [3.63, 3.8) is 0 Å². The summed E-state index contributed by atoms with van der Waals surface area (Å²) in [7, 11) is 0. The summed E-state index contributed by atoms with van der Waals surface area (Å²) in [5.41, 5.74) is 3.71. The summed E-state index contributed by atoms with van der Waals surface area (Å²) < 4.78 is 0. The molecule has 100 valence electrons. The van der Waals surface area contributed by atoms with E-state index in [0.29, 0.717) is 5.92 Å². The Morgan fingerprint density at radius 3 is 2.40 bits per heavy atom. The van der Waals surface area contributed by atoms with Gasteiger partial charge >= 0.3 is 0 Å². The average Bonchev–Trinajstić information content (AvgIpc) is 2.90. The number of rotatable bonds is 3. The predicted molar refractivity (Wildman–Crippen MR) is 82.3 cm³/mol. The van der Waals surface area contributed by atoms with Crippen molar-refractivity contribution in [2.75, 3.05) is 0 Å². The number of para-hydroxylation sites is 1. The summed E-state index contributed by atoms with van der Waals surface area (Å²) in [5.74, 6) is 0.546. The van der Waals surface area contributed by atoms with Crippen molar-refractivity contribution in [3.05, 3.63) is 71.4 Å². The van der Waals surface area contributed by atoms with Crippen LogP contribution in [0.15, 0.2) is 54.7 Å². The summed E-state index contributed by atoms with van der Waals surface area (Å²) in [6.45, 7) is 4.30. The minimum atomic E-state index is 0.0674. The molecule has 1 heterocycles. The van der Waals surface area contributed by atoms with Crippen molar-refractivity contribution in [1.82, 2.24) is 4.98 Å². The molecule has 20 heavy (non-hydrogen) atoms. The normalized spacial score (nSPS) is 11.2. The maximum absolute atomic E-state index is 12.6. The van der Waals surface area contributed by atoms with Crippen LogP contribution in [0, 0.1) is 0 Å². The second-order valence-corrected chi connectivity index (χ2v) is 5.35. The summed E-state index contributed by atoms with van der Waals surface area (Å²) in [4.78, 5) is 15.7. The van der Waals surface area contributed by atoms with Gasteiger partial charge in [-0.2, -0.15) is 0 Å². The summed E-state index contributed by atoms with van der Waals surface area (Å²) in [5, 5.41) is 0.977. The molecule has 2 nitrogen and oxygen atoms in total. The molecule has 0 aliphatic carbocycles. The lowest BCUT2D eigenvalue weighted by molar-refractivity contribution is 0.104. The number of nitrogens with one attached hydrogen (secondary N) is 1. The first-order valence-electron chi connectivity index (χ1n) is 6.87. The van der Waals surface area contributed by atoms with E-state index in [4.69, 9.17) is 0 Å². The minimum Gasteiger partial charge on any atom is -0.360 e. The number of hydrogen-bond donors (Lipinski definition) is 1. The molecule has 0 saturated heterocycles. The van der Waals surface area contributed by atoms with Gasteiger partial charge in [-0.3, -0.25) is 4.79 Å². The zero-order valence-electron chi connectivity index (χ0n) is 11.7. The van der Waals surface area contributed by atoms with Gasteiger partial charge in [0.05, 0.1) is 0 Å². The molecule has 1 aromatic heterocycles. The Kier molecular flexibility index (Phi) is 3.15. The summed E-state index contributed by atoms with van der Waals surface area (Å²) >= 11 is 0. The third-order valence-corrected chi connectivity index (χ3v) is 3.67. The number of H-pyrrole nitrogens is 1. The monoisotopic (exact) mass is 263 g/mol. The number of aromatic amines is 1. The number of ketones is 1. The lowest BCUT2D eigenvalue weighted by Crippen LogP contribution is -2.00. The highest BCUT2D eigenvalue weighted by Gasteiger charge is 2.13. The Labute approximate surface area is 118 Å². The van der Waals surface area contributed by atoms with Gasteiger partial charge in [-0.1, -0.05) is 56.3 Å². The van der Waals surface area contributed by atoms with Gasteiger partial charge in [-0.25, -0.2) is 0 Å². The van der Waals surface area contributed by atoms with E-state index in [1.54, 1.807) is 6.20 Å². The third-order valence-electron chi connectivity index (χ3n) is 3.67. The average molecular weight is 263 g/mol. The fraction of sp³-hybridized carbons (Fsp3) is 0.167. The molecule has 3 aromatic rings. The predicted octanol–water partition coefficient (Wildman–Crippen LogP) is 4.52. The Balaban J connectivity index is 2.00. The largest absolute Gasteiger partial charge is 0.360 e. The second kappa shape index (κ2) is 4.97. The van der Waals surface area contributed by atoms with Gasteiger partial charge < -0.3 is 4.98 Å². The first kappa shape index (κ1) is 12.7. The van der Waals surface area contributed by atoms with Crippen LogP contribution >= 0.6 is 0 Å². The first-order chi connectivity index (χ1) is 9.66. The summed E-state index contributed by atoms with van der Waals surface area (Å²) in [6, 6.07) is 15.8. The highest BCUT2D eigenvalue weighted by Crippen LogP contribution is 2.22. The van der Waals surface area contributed by atoms with Crippen LogP contribution in [0.3, 0.4) is 0 Å². The van der Waals surface area contributed by atoms with E-state index < -0.39 is 0 Å². The molecule has 0 unspecified atom stereocenters. The molecule has 0 radical (unpaired) electrons. The Morgan fingerprint density at radius 1 is 1.00 bits per heavy atom. The van der Waals surface area contributed by atoms with Crippen LogP contribution in [0.5, 0.6) is 0 Å². The standard InChI is InChI=1S/C18H17NO/c1-12(2)13-7-9-14(10-8-13)18(20)16-11-19-17-6-4-3-5-15(16)17/h3-12,19H,1-2H3. The zero-order chi connectivity index (χ0) is 14.1. The SMILES string of the molecule is CC(C)c1ccc(C(=O)c2c[nH]c3ccccc23)cc1. The van der Waals surface area contributed by atoms with Crippen LogP contribution in [-0.2, 0) is 0 Å². The molecular formula is C18H17NO. The lowest BCUT2D eigenvalue weighted by atomic mass is 9.98. The van der Waals surface area contributed by atoms with Crippen molar-refractivity contribution in [2.24, 2.45) is 0 Å². The van der Waals surface area contributed by atoms with Gasteiger partial charge in [0.1, 0.15) is 0 Å². The van der Waals surface area contributed by atoms with E-state index in [0.717, 1.165) is 22.0 Å². The van der Waals surface area contributed by atoms with Gasteiger partial charge in [0, 0.05) is 28.2 Å². The van der Waals surface area contributed by atoms with E-state index in [2.05, 4.69) is 18.8 Å². The first-order valence-corrected chi connectivity index (χ1v) is 6.87. The van der Waals surface area contributed by atoms with E-state index >= 15 is 0 Å². The molecule has 0 aliphatic rings. The Bertz CT molecular complexity index is 750. The highest BCUT2D eigenvalue weighted by molar-refractivity contribution is 6.16. The molecular weight excluding hydrogens is 246 g/mol. The fourth-order valence-corrected chi connectivity index (χ4v) is 2.43. The van der Waals surface area contributed by atoms with Gasteiger partial charge in [0.15, 0.2) is 5.78 Å². The highest BCUT2D eigenvalue weighted by atomic mass is 16.1. The van der Waals surface area contributed by atoms with E-state index in [9.17, 15) is 4.79 Å². The van der Waals surface area contributed by atoms with Crippen LogP contribution in [-0.4, -0.2) is 10.8 Å². The van der Waals surface area contributed by atoms with Crippen molar-refractivity contribution in [1.29, 1.82) is 0 Å². The molecule has 0 spiro atoms. The van der Waals surface area contributed by atoms with Gasteiger partial charge in [0.25, 0.3) is 0 Å². The van der Waals surface area contributed by atoms with Crippen LogP contribution in [0.4, 0.5) is 0 Å². The van der Waals surface area contributed by atoms with E-state index in [-0.39, 0.29) is 5.78 Å². The molecule has 0 bridgehead atoms. The second-order valence-electron chi connectivity index (χ2n) is 5.35. The van der Waals surface area contributed by atoms with Crippen LogP contribution in [0.1, 0.15) is 41.3 Å². The van der Waals surface area contributed by atoms with E-state index in [1.807, 2.05) is 48.5 Å². The lowest BCUT2D eigenvalue weighted by Gasteiger charge is -2.06. The van der Waals surface area contributed by atoms with Gasteiger partial charge in [0.2, 0.25) is 0 Å². The molecule has 0 aliphatic heterocycles. The van der Waals surface area contributed by atoms with Crippen LogP contribution in [0.25, 0.3) is 10.9 Å². The Hall–Kier alpha value is -2.35. The van der Waals surface area contributed by atoms with Crippen molar-refractivity contribution in [3.8, 4) is 0 Å². The smallest absolute Gasteiger partial charge is 0.195 e. The maximum Gasteiger partial charge on any atom is 0.195 e. The number of aromatic nitrogens is 1. The molecule has 0 atom stereocenters. The van der Waals surface area contributed by atoms with Gasteiger partial charge in [-0.05, 0) is 17.5 Å². The summed E-state index contributed by atoms with van der Waals surface area (Å²) in [6.07, 6.45) is 1.79. The molecule has 1 N–H and O–H groups in total. The number of hydrogen-bond acceptors (Lipinski definition) is 1. The number of carbonyl (C=O) groups excluding carboxylic acids is 1. The van der Waals surface area contributed by atoms with Gasteiger partial charge in [-0.15, -0.1) is 0 Å². The molecule has 2 heteroatoms. The molecule has 0 saturated carbocycles. The van der Waals surface area contributed by atoms with Crippen LogP contribution < -0.4 is 0 Å². The zero-order valence-corrected chi connectivity index (χ0v) is 11.7. The Morgan fingerprint density at radius 2 is 1.70 bits per heavy atom. The van der Waals surface area contributed by atoms with Crippen molar-refractivity contribution in [2.45, 2.75) is 19.8 Å². The quantitative estimate of drug-likeness (QED) is 0.692. The molecule has 2 aromatic carbocycles. The molecule has 0 amide bonds.